The Labute approximate surface area is 195 Å². The molecule has 0 fully saturated rings. The third kappa shape index (κ3) is 4.64. The number of para-hydroxylation sites is 2. The quantitative estimate of drug-likeness (QED) is 0.325. The lowest BCUT2D eigenvalue weighted by atomic mass is 10.2. The number of carbonyl (C=O) groups excluding carboxylic acids is 1. The Morgan fingerprint density at radius 2 is 1.42 bits per heavy atom. The summed E-state index contributed by atoms with van der Waals surface area (Å²) in [5.74, 6) is 0.0762. The average Bonchev–Trinajstić information content (AvgIpc) is 3.27. The Balaban J connectivity index is 1.58. The summed E-state index contributed by atoms with van der Waals surface area (Å²) < 4.78 is 5.73. The number of benzene rings is 3. The zero-order chi connectivity index (χ0) is 21.8. The fraction of sp³-hybridized carbons (Fsp3) is 0. The number of nitrogens with zero attached hydrogens (tertiary/aromatic N) is 1. The molecule has 0 bridgehead atoms. The molecule has 0 atom stereocenters. The van der Waals surface area contributed by atoms with Crippen molar-refractivity contribution in [3.8, 4) is 11.3 Å². The highest BCUT2D eigenvalue weighted by molar-refractivity contribution is 7.80. The molecule has 4 nitrogen and oxygen atoms in total. The Bertz CT molecular complexity index is 1190. The van der Waals surface area contributed by atoms with Crippen LogP contribution in [0.5, 0.6) is 0 Å². The largest absolute Gasteiger partial charge is 0.451 e. The molecule has 0 aliphatic heterocycles. The molecule has 1 aromatic heterocycles. The highest BCUT2D eigenvalue weighted by Crippen LogP contribution is 2.34. The van der Waals surface area contributed by atoms with E-state index in [2.05, 4.69) is 5.32 Å². The number of nitrogens with one attached hydrogen (secondary N) is 1. The summed E-state index contributed by atoms with van der Waals surface area (Å²) in [4.78, 5) is 14.6. The van der Waals surface area contributed by atoms with Gasteiger partial charge in [-0.15, -0.1) is 0 Å². The second kappa shape index (κ2) is 9.35. The van der Waals surface area contributed by atoms with Gasteiger partial charge in [0.05, 0.1) is 10.0 Å². The number of furan rings is 1. The van der Waals surface area contributed by atoms with E-state index >= 15 is 0 Å². The van der Waals surface area contributed by atoms with Gasteiger partial charge in [0.2, 0.25) is 0 Å². The minimum absolute atomic E-state index is 0.106. The summed E-state index contributed by atoms with van der Waals surface area (Å²) in [7, 11) is 0. The van der Waals surface area contributed by atoms with Gasteiger partial charge in [0.25, 0.3) is 5.91 Å². The highest BCUT2D eigenvalue weighted by Gasteiger charge is 2.20. The van der Waals surface area contributed by atoms with Gasteiger partial charge < -0.3 is 4.42 Å². The standard InChI is InChI=1S/C24H16Cl2N2O2S/c25-19-13-7-12-18(22(19)26)20-14-15-21(30-20)23(29)27-24(31)28(16-8-3-1-4-9-16)17-10-5-2-6-11-17/h1-15H,(H,27,29,31). The van der Waals surface area contributed by atoms with E-state index < -0.39 is 5.91 Å². The van der Waals surface area contributed by atoms with Gasteiger partial charge in [-0.05, 0) is 60.7 Å². The first kappa shape index (κ1) is 21.1. The molecule has 0 radical (unpaired) electrons. The monoisotopic (exact) mass is 466 g/mol. The fourth-order valence-corrected chi connectivity index (χ4v) is 3.75. The number of hydrogen-bond donors (Lipinski definition) is 1. The third-order valence-corrected chi connectivity index (χ3v) is 5.60. The van der Waals surface area contributed by atoms with Crippen LogP contribution in [0.15, 0.2) is 95.4 Å². The number of anilines is 2. The SMILES string of the molecule is O=C(NC(=S)N(c1ccccc1)c1ccccc1)c1ccc(-c2cccc(Cl)c2Cl)o1. The van der Waals surface area contributed by atoms with Crippen LogP contribution in [0.25, 0.3) is 11.3 Å². The van der Waals surface area contributed by atoms with Crippen LogP contribution in [-0.2, 0) is 0 Å². The van der Waals surface area contributed by atoms with Crippen molar-refractivity contribution in [2.24, 2.45) is 0 Å². The van der Waals surface area contributed by atoms with Crippen LogP contribution in [0, 0.1) is 0 Å². The van der Waals surface area contributed by atoms with Crippen molar-refractivity contribution >= 4 is 57.8 Å². The molecule has 154 valence electrons. The van der Waals surface area contributed by atoms with Crippen molar-refractivity contribution in [3.63, 3.8) is 0 Å². The summed E-state index contributed by atoms with van der Waals surface area (Å²) in [5, 5.41) is 3.74. The lowest BCUT2D eigenvalue weighted by molar-refractivity contribution is 0.0951. The molecule has 1 heterocycles. The smallest absolute Gasteiger partial charge is 0.293 e. The number of hydrogen-bond acceptors (Lipinski definition) is 3. The van der Waals surface area contributed by atoms with Gasteiger partial charge in [-0.3, -0.25) is 15.0 Å². The maximum absolute atomic E-state index is 12.8. The summed E-state index contributed by atoms with van der Waals surface area (Å²) in [5.41, 5.74) is 2.25. The summed E-state index contributed by atoms with van der Waals surface area (Å²) >= 11 is 17.9. The van der Waals surface area contributed by atoms with E-state index in [4.69, 9.17) is 39.8 Å². The Hall–Kier alpha value is -3.12. The van der Waals surface area contributed by atoms with Crippen molar-refractivity contribution in [2.75, 3.05) is 4.90 Å². The van der Waals surface area contributed by atoms with E-state index in [9.17, 15) is 4.79 Å². The van der Waals surface area contributed by atoms with Crippen LogP contribution >= 0.6 is 35.4 Å². The average molecular weight is 467 g/mol. The van der Waals surface area contributed by atoms with Crippen molar-refractivity contribution < 1.29 is 9.21 Å². The van der Waals surface area contributed by atoms with Crippen molar-refractivity contribution in [2.45, 2.75) is 0 Å². The van der Waals surface area contributed by atoms with E-state index in [1.165, 1.54) is 0 Å². The minimum Gasteiger partial charge on any atom is -0.451 e. The molecule has 4 aromatic rings. The molecular weight excluding hydrogens is 451 g/mol. The third-order valence-electron chi connectivity index (χ3n) is 4.50. The van der Waals surface area contributed by atoms with Crippen molar-refractivity contribution in [3.05, 3.63) is 107 Å². The summed E-state index contributed by atoms with van der Waals surface area (Å²) in [6.45, 7) is 0. The van der Waals surface area contributed by atoms with Crippen molar-refractivity contribution in [1.82, 2.24) is 5.32 Å². The van der Waals surface area contributed by atoms with Crippen LogP contribution in [0.4, 0.5) is 11.4 Å². The molecule has 31 heavy (non-hydrogen) atoms. The molecule has 0 saturated carbocycles. The van der Waals surface area contributed by atoms with E-state index in [0.29, 0.717) is 21.4 Å². The molecule has 0 saturated heterocycles. The number of halogens is 2. The lowest BCUT2D eigenvalue weighted by Gasteiger charge is -2.25. The summed E-state index contributed by atoms with van der Waals surface area (Å²) in [6.07, 6.45) is 0. The predicted octanol–water partition coefficient (Wildman–Crippen LogP) is 7.11. The van der Waals surface area contributed by atoms with Gasteiger partial charge in [0.15, 0.2) is 10.9 Å². The summed E-state index contributed by atoms with van der Waals surface area (Å²) in [6, 6.07) is 27.6. The van der Waals surface area contributed by atoms with Gasteiger partial charge in [-0.25, -0.2) is 0 Å². The number of thiocarbonyl (C=S) groups is 1. The zero-order valence-corrected chi connectivity index (χ0v) is 18.4. The van der Waals surface area contributed by atoms with E-state index in [0.717, 1.165) is 11.4 Å². The van der Waals surface area contributed by atoms with E-state index in [-0.39, 0.29) is 10.9 Å². The highest BCUT2D eigenvalue weighted by atomic mass is 35.5. The van der Waals surface area contributed by atoms with E-state index in [1.807, 2.05) is 60.7 Å². The molecule has 1 amide bonds. The van der Waals surface area contributed by atoms with Gasteiger partial charge in [0, 0.05) is 16.9 Å². The van der Waals surface area contributed by atoms with Gasteiger partial charge in [-0.2, -0.15) is 0 Å². The maximum Gasteiger partial charge on any atom is 0.293 e. The van der Waals surface area contributed by atoms with Crippen LogP contribution < -0.4 is 10.2 Å². The first-order valence-corrected chi connectivity index (χ1v) is 10.5. The van der Waals surface area contributed by atoms with Gasteiger partial charge in [-0.1, -0.05) is 65.7 Å². The Kier molecular flexibility index (Phi) is 6.37. The molecule has 0 aliphatic rings. The molecule has 3 aromatic carbocycles. The molecule has 0 aliphatic carbocycles. The van der Waals surface area contributed by atoms with Crippen LogP contribution in [0.2, 0.25) is 10.0 Å². The Morgan fingerprint density at radius 3 is 2.03 bits per heavy atom. The van der Waals surface area contributed by atoms with Crippen LogP contribution in [0.3, 0.4) is 0 Å². The topological polar surface area (TPSA) is 45.5 Å². The Morgan fingerprint density at radius 1 is 0.806 bits per heavy atom. The second-order valence-corrected chi connectivity index (χ2v) is 7.70. The molecule has 7 heteroatoms. The number of rotatable bonds is 4. The zero-order valence-electron chi connectivity index (χ0n) is 16.1. The lowest BCUT2D eigenvalue weighted by Crippen LogP contribution is -2.40. The predicted molar refractivity (Wildman–Crippen MR) is 129 cm³/mol. The van der Waals surface area contributed by atoms with E-state index in [1.54, 1.807) is 35.2 Å². The number of carbonyl (C=O) groups is 1. The molecule has 0 spiro atoms. The second-order valence-electron chi connectivity index (χ2n) is 6.53. The minimum atomic E-state index is -0.466. The normalized spacial score (nSPS) is 10.5. The molecule has 4 rings (SSSR count). The van der Waals surface area contributed by atoms with Crippen LogP contribution in [0.1, 0.15) is 10.6 Å². The molecule has 1 N–H and O–H groups in total. The fourth-order valence-electron chi connectivity index (χ4n) is 3.05. The van der Waals surface area contributed by atoms with Gasteiger partial charge in [0.1, 0.15) is 5.76 Å². The first-order chi connectivity index (χ1) is 15.0. The molecular formula is C24H16Cl2N2O2S. The maximum atomic E-state index is 12.8. The first-order valence-electron chi connectivity index (χ1n) is 9.34. The van der Waals surface area contributed by atoms with Gasteiger partial charge >= 0.3 is 0 Å². The van der Waals surface area contributed by atoms with Crippen molar-refractivity contribution in [1.29, 1.82) is 0 Å². The molecule has 0 unspecified atom stereocenters. The number of amides is 1. The van der Waals surface area contributed by atoms with Crippen LogP contribution in [-0.4, -0.2) is 11.0 Å².